The average Bonchev–Trinajstić information content (AvgIpc) is 3.07. The second-order valence-electron chi connectivity index (χ2n) is 7.76. The number of aromatic nitrogens is 1. The first kappa shape index (κ1) is 24.0. The molecule has 2 heterocycles. The minimum atomic E-state index is -3.61. The van der Waals surface area contributed by atoms with Gasteiger partial charge in [-0.15, -0.1) is 0 Å². The maximum atomic E-state index is 13.1. The lowest BCUT2D eigenvalue weighted by Crippen LogP contribution is -2.50. The molecule has 1 aromatic heterocycles. The maximum absolute atomic E-state index is 13.1. The van der Waals surface area contributed by atoms with E-state index in [9.17, 15) is 18.0 Å². The van der Waals surface area contributed by atoms with E-state index in [-0.39, 0.29) is 50.2 Å². The highest BCUT2D eigenvalue weighted by molar-refractivity contribution is 7.89. The number of esters is 1. The van der Waals surface area contributed by atoms with E-state index in [1.54, 1.807) is 43.0 Å². The molecular formula is C22H29N3O6S. The molecule has 9 nitrogen and oxygen atoms in total. The number of methoxy groups -OCH3 is 1. The van der Waals surface area contributed by atoms with Crippen LogP contribution in [0.3, 0.4) is 0 Å². The van der Waals surface area contributed by atoms with Crippen molar-refractivity contribution < 1.29 is 27.5 Å². The summed E-state index contributed by atoms with van der Waals surface area (Å²) < 4.78 is 37.2. The normalized spacial score (nSPS) is 15.1. The van der Waals surface area contributed by atoms with Crippen LogP contribution in [0.1, 0.15) is 37.7 Å². The first-order chi connectivity index (χ1) is 15.2. The third-order valence-corrected chi connectivity index (χ3v) is 7.47. The van der Waals surface area contributed by atoms with Gasteiger partial charge in [0.15, 0.2) is 0 Å². The second kappa shape index (κ2) is 9.85. The summed E-state index contributed by atoms with van der Waals surface area (Å²) in [4.78, 5) is 30.3. The largest absolute Gasteiger partial charge is 0.460 e. The third-order valence-electron chi connectivity index (χ3n) is 5.56. The zero-order chi connectivity index (χ0) is 23.5. The monoisotopic (exact) mass is 463 g/mol. The van der Waals surface area contributed by atoms with Gasteiger partial charge in [0.1, 0.15) is 12.3 Å². The summed E-state index contributed by atoms with van der Waals surface area (Å²) in [5.41, 5.74) is 2.71. The first-order valence-corrected chi connectivity index (χ1v) is 11.8. The van der Waals surface area contributed by atoms with Crippen LogP contribution >= 0.6 is 0 Å². The SMILES string of the molecule is COCCOC(=O)c1c(C)[nH]c(C(=O)N2CCN(S(=O)(=O)c3ccc(C)cc3)CC2)c1C. The van der Waals surface area contributed by atoms with E-state index in [4.69, 9.17) is 9.47 Å². The Morgan fingerprint density at radius 1 is 1.00 bits per heavy atom. The van der Waals surface area contributed by atoms with E-state index in [0.29, 0.717) is 22.5 Å². The Labute approximate surface area is 188 Å². The number of hydrogen-bond acceptors (Lipinski definition) is 6. The van der Waals surface area contributed by atoms with Crippen LogP contribution < -0.4 is 0 Å². The number of sulfonamides is 1. The number of carbonyl (C=O) groups excluding carboxylic acids is 2. The maximum Gasteiger partial charge on any atom is 0.340 e. The number of benzene rings is 1. The van der Waals surface area contributed by atoms with Crippen molar-refractivity contribution in [2.45, 2.75) is 25.7 Å². The summed E-state index contributed by atoms with van der Waals surface area (Å²) in [6, 6.07) is 6.72. The Morgan fingerprint density at radius 3 is 2.22 bits per heavy atom. The molecule has 0 radical (unpaired) electrons. The summed E-state index contributed by atoms with van der Waals surface area (Å²) >= 11 is 0. The zero-order valence-electron chi connectivity index (χ0n) is 18.8. The van der Waals surface area contributed by atoms with Crippen LogP contribution in [0.4, 0.5) is 0 Å². The molecule has 1 fully saturated rings. The van der Waals surface area contributed by atoms with Crippen LogP contribution in [0.15, 0.2) is 29.2 Å². The number of aromatic amines is 1. The molecule has 1 aliphatic rings. The Hall–Kier alpha value is -2.69. The van der Waals surface area contributed by atoms with Crippen molar-refractivity contribution in [1.82, 2.24) is 14.2 Å². The van der Waals surface area contributed by atoms with E-state index in [0.717, 1.165) is 5.56 Å². The molecule has 3 rings (SSSR count). The molecule has 10 heteroatoms. The molecule has 174 valence electrons. The molecule has 32 heavy (non-hydrogen) atoms. The van der Waals surface area contributed by atoms with Crippen molar-refractivity contribution in [2.75, 3.05) is 46.5 Å². The number of amides is 1. The quantitative estimate of drug-likeness (QED) is 0.496. The summed E-state index contributed by atoms with van der Waals surface area (Å²) in [5, 5.41) is 0. The first-order valence-electron chi connectivity index (χ1n) is 10.4. The van der Waals surface area contributed by atoms with Crippen LogP contribution in [0.2, 0.25) is 0 Å². The molecule has 2 aromatic rings. The number of aryl methyl sites for hydroxylation is 2. The number of piperazine rings is 1. The van der Waals surface area contributed by atoms with Gasteiger partial charge in [-0.05, 0) is 38.5 Å². The molecule has 1 amide bonds. The smallest absolute Gasteiger partial charge is 0.340 e. The highest BCUT2D eigenvalue weighted by atomic mass is 32.2. The molecule has 1 aliphatic heterocycles. The summed E-state index contributed by atoms with van der Waals surface area (Å²) in [5.74, 6) is -0.782. The van der Waals surface area contributed by atoms with Crippen molar-refractivity contribution in [3.05, 3.63) is 52.3 Å². The van der Waals surface area contributed by atoms with Crippen molar-refractivity contribution in [1.29, 1.82) is 0 Å². The molecule has 0 atom stereocenters. The van der Waals surface area contributed by atoms with Gasteiger partial charge in [-0.1, -0.05) is 17.7 Å². The minimum Gasteiger partial charge on any atom is -0.460 e. The molecular weight excluding hydrogens is 434 g/mol. The molecule has 0 spiro atoms. The van der Waals surface area contributed by atoms with Crippen LogP contribution in [0.5, 0.6) is 0 Å². The number of hydrogen-bond donors (Lipinski definition) is 1. The van der Waals surface area contributed by atoms with E-state index in [1.807, 2.05) is 6.92 Å². The number of rotatable bonds is 7. The number of ether oxygens (including phenoxy) is 2. The molecule has 1 N–H and O–H groups in total. The third kappa shape index (κ3) is 4.87. The zero-order valence-corrected chi connectivity index (χ0v) is 19.6. The fraction of sp³-hybridized carbons (Fsp3) is 0.455. The lowest BCUT2D eigenvalue weighted by Gasteiger charge is -2.34. The Balaban J connectivity index is 1.69. The van der Waals surface area contributed by atoms with Gasteiger partial charge in [-0.25, -0.2) is 13.2 Å². The van der Waals surface area contributed by atoms with Crippen LogP contribution in [0.25, 0.3) is 0 Å². The molecule has 1 aromatic carbocycles. The minimum absolute atomic E-state index is 0.125. The number of H-pyrrole nitrogens is 1. The standard InChI is InChI=1S/C22H29N3O6S/c1-15-5-7-18(8-6-15)32(28,29)25-11-9-24(10-12-25)21(26)20-16(2)19(17(3)23-20)22(27)31-14-13-30-4/h5-8,23H,9-14H2,1-4H3. The van der Waals surface area contributed by atoms with Crippen molar-refractivity contribution in [2.24, 2.45) is 0 Å². The van der Waals surface area contributed by atoms with E-state index in [1.165, 1.54) is 11.4 Å². The van der Waals surface area contributed by atoms with Crippen molar-refractivity contribution >= 4 is 21.9 Å². The van der Waals surface area contributed by atoms with Gasteiger partial charge < -0.3 is 19.4 Å². The fourth-order valence-electron chi connectivity index (χ4n) is 3.71. The predicted molar refractivity (Wildman–Crippen MR) is 118 cm³/mol. The van der Waals surface area contributed by atoms with Crippen molar-refractivity contribution in [3.8, 4) is 0 Å². The predicted octanol–water partition coefficient (Wildman–Crippen LogP) is 1.89. The Kier molecular flexibility index (Phi) is 7.37. The lowest BCUT2D eigenvalue weighted by molar-refractivity contribution is 0.0386. The summed E-state index contributed by atoms with van der Waals surface area (Å²) in [7, 11) is -2.09. The van der Waals surface area contributed by atoms with E-state index in [2.05, 4.69) is 4.98 Å². The van der Waals surface area contributed by atoms with Crippen LogP contribution in [0, 0.1) is 20.8 Å². The summed E-state index contributed by atoms with van der Waals surface area (Å²) in [6.07, 6.45) is 0. The number of carbonyl (C=O) groups is 2. The van der Waals surface area contributed by atoms with Gasteiger partial charge in [-0.2, -0.15) is 4.31 Å². The summed E-state index contributed by atoms with van der Waals surface area (Å²) in [6.45, 7) is 6.64. The van der Waals surface area contributed by atoms with Gasteiger partial charge in [-0.3, -0.25) is 4.79 Å². The fourth-order valence-corrected chi connectivity index (χ4v) is 5.13. The molecule has 0 aliphatic carbocycles. The number of nitrogens with zero attached hydrogens (tertiary/aromatic N) is 2. The lowest BCUT2D eigenvalue weighted by atomic mass is 10.1. The van der Waals surface area contributed by atoms with Crippen LogP contribution in [-0.4, -0.2) is 81.0 Å². The van der Waals surface area contributed by atoms with Gasteiger partial charge in [0.2, 0.25) is 10.0 Å². The van der Waals surface area contributed by atoms with Crippen molar-refractivity contribution in [3.63, 3.8) is 0 Å². The van der Waals surface area contributed by atoms with Gasteiger partial charge >= 0.3 is 5.97 Å². The Bertz CT molecular complexity index is 1080. The van der Waals surface area contributed by atoms with Gasteiger partial charge in [0, 0.05) is 39.0 Å². The molecule has 1 saturated heterocycles. The van der Waals surface area contributed by atoms with E-state index < -0.39 is 16.0 Å². The topological polar surface area (TPSA) is 109 Å². The molecule has 0 saturated carbocycles. The van der Waals surface area contributed by atoms with E-state index >= 15 is 0 Å². The van der Waals surface area contributed by atoms with Crippen LogP contribution in [-0.2, 0) is 19.5 Å². The highest BCUT2D eigenvalue weighted by Gasteiger charge is 2.32. The molecule has 0 bridgehead atoms. The molecule has 0 unspecified atom stereocenters. The average molecular weight is 464 g/mol. The highest BCUT2D eigenvalue weighted by Crippen LogP contribution is 2.23. The Morgan fingerprint density at radius 2 is 1.62 bits per heavy atom. The number of nitrogens with one attached hydrogen (secondary N) is 1. The van der Waals surface area contributed by atoms with Gasteiger partial charge in [0.25, 0.3) is 5.91 Å². The second-order valence-corrected chi connectivity index (χ2v) is 9.70. The van der Waals surface area contributed by atoms with Gasteiger partial charge in [0.05, 0.1) is 17.1 Å².